The molecule has 4 aromatic rings. The minimum atomic E-state index is -0.568. The molecule has 0 fully saturated rings. The van der Waals surface area contributed by atoms with Crippen molar-refractivity contribution in [1.29, 1.82) is 0 Å². The summed E-state index contributed by atoms with van der Waals surface area (Å²) in [5, 5.41) is 0.348. The molecule has 0 spiro atoms. The van der Waals surface area contributed by atoms with Gasteiger partial charge in [0.2, 0.25) is 5.91 Å². The normalized spacial score (nSPS) is 13.2. The van der Waals surface area contributed by atoms with Crippen LogP contribution in [-0.4, -0.2) is 31.5 Å². The standard InChI is InChI=1S/C26H24N4O3/c1-17-14-18(2)27-24-23(17)25(32)29(26(33)30(24)21-10-4-3-5-11-21)16-22(31)28-13-12-19-8-6-7-9-20(19)15-28/h3-11,14H,12-13,15-16H2,1-2H3. The summed E-state index contributed by atoms with van der Waals surface area (Å²) >= 11 is 0. The molecular formula is C26H24N4O3. The first kappa shape index (κ1) is 20.9. The number of carbonyl (C=O) groups excluding carboxylic acids is 1. The number of hydrogen-bond acceptors (Lipinski definition) is 4. The van der Waals surface area contributed by atoms with E-state index in [0.29, 0.717) is 35.5 Å². The third-order valence-corrected chi connectivity index (χ3v) is 6.21. The Hall–Kier alpha value is -4.00. The molecule has 1 aliphatic heterocycles. The van der Waals surface area contributed by atoms with E-state index in [1.54, 1.807) is 17.0 Å². The van der Waals surface area contributed by atoms with E-state index in [2.05, 4.69) is 11.1 Å². The monoisotopic (exact) mass is 440 g/mol. The van der Waals surface area contributed by atoms with Crippen LogP contribution < -0.4 is 11.2 Å². The van der Waals surface area contributed by atoms with Crippen LogP contribution in [0.2, 0.25) is 0 Å². The smallest absolute Gasteiger partial charge is 0.336 e. The molecule has 3 heterocycles. The molecule has 7 heteroatoms. The van der Waals surface area contributed by atoms with E-state index < -0.39 is 11.2 Å². The Balaban J connectivity index is 1.63. The first-order valence-electron chi connectivity index (χ1n) is 11.0. The van der Waals surface area contributed by atoms with E-state index in [0.717, 1.165) is 22.1 Å². The molecule has 2 aromatic heterocycles. The maximum absolute atomic E-state index is 13.6. The summed E-state index contributed by atoms with van der Waals surface area (Å²) in [6.45, 7) is 4.38. The molecule has 2 aromatic carbocycles. The number of amides is 1. The summed E-state index contributed by atoms with van der Waals surface area (Å²) in [7, 11) is 0. The van der Waals surface area contributed by atoms with Crippen LogP contribution in [0.1, 0.15) is 22.4 Å². The van der Waals surface area contributed by atoms with Gasteiger partial charge >= 0.3 is 5.69 Å². The van der Waals surface area contributed by atoms with Gasteiger partial charge < -0.3 is 4.90 Å². The fraction of sp³-hybridized carbons (Fsp3) is 0.231. The van der Waals surface area contributed by atoms with Gasteiger partial charge in [-0.05, 0) is 55.2 Å². The molecule has 7 nitrogen and oxygen atoms in total. The molecule has 0 bridgehead atoms. The number of para-hydroxylation sites is 1. The summed E-state index contributed by atoms with van der Waals surface area (Å²) in [6, 6.07) is 18.9. The highest BCUT2D eigenvalue weighted by molar-refractivity contribution is 5.81. The van der Waals surface area contributed by atoms with Gasteiger partial charge in [-0.1, -0.05) is 42.5 Å². The lowest BCUT2D eigenvalue weighted by Gasteiger charge is -2.29. The quantitative estimate of drug-likeness (QED) is 0.491. The Morgan fingerprint density at radius 1 is 0.970 bits per heavy atom. The van der Waals surface area contributed by atoms with E-state index in [1.165, 1.54) is 10.1 Å². The van der Waals surface area contributed by atoms with Crippen molar-refractivity contribution in [1.82, 2.24) is 19.0 Å². The van der Waals surface area contributed by atoms with Crippen LogP contribution in [0.15, 0.2) is 70.3 Å². The average molecular weight is 441 g/mol. The van der Waals surface area contributed by atoms with Crippen LogP contribution in [0, 0.1) is 13.8 Å². The zero-order valence-electron chi connectivity index (χ0n) is 18.6. The van der Waals surface area contributed by atoms with Crippen LogP contribution in [0.25, 0.3) is 16.7 Å². The second kappa shape index (κ2) is 8.16. The highest BCUT2D eigenvalue weighted by Crippen LogP contribution is 2.19. The lowest BCUT2D eigenvalue weighted by atomic mass is 10.00. The number of pyridine rings is 1. The van der Waals surface area contributed by atoms with Gasteiger partial charge in [-0.15, -0.1) is 0 Å². The van der Waals surface area contributed by atoms with Gasteiger partial charge in [0, 0.05) is 18.8 Å². The summed E-state index contributed by atoms with van der Waals surface area (Å²) in [6.07, 6.45) is 0.755. The van der Waals surface area contributed by atoms with Crippen LogP contribution in [0.4, 0.5) is 0 Å². The second-order valence-electron chi connectivity index (χ2n) is 8.46. The number of nitrogens with zero attached hydrogens (tertiary/aromatic N) is 4. The van der Waals surface area contributed by atoms with Crippen LogP contribution in [-0.2, 0) is 24.3 Å². The molecule has 0 aliphatic carbocycles. The number of rotatable bonds is 3. The molecule has 0 N–H and O–H groups in total. The van der Waals surface area contributed by atoms with Crippen molar-refractivity contribution in [3.8, 4) is 5.69 Å². The highest BCUT2D eigenvalue weighted by atomic mass is 16.2. The third kappa shape index (κ3) is 3.65. The van der Waals surface area contributed by atoms with Crippen molar-refractivity contribution in [2.24, 2.45) is 0 Å². The molecule has 1 aliphatic rings. The molecule has 0 unspecified atom stereocenters. The molecule has 0 saturated heterocycles. The van der Waals surface area contributed by atoms with Gasteiger partial charge in [-0.2, -0.15) is 0 Å². The number of carbonyl (C=O) groups is 1. The maximum Gasteiger partial charge on any atom is 0.337 e. The summed E-state index contributed by atoms with van der Waals surface area (Å²) in [4.78, 5) is 46.4. The fourth-order valence-corrected chi connectivity index (χ4v) is 4.57. The first-order chi connectivity index (χ1) is 15.9. The first-order valence-corrected chi connectivity index (χ1v) is 11.0. The highest BCUT2D eigenvalue weighted by Gasteiger charge is 2.24. The van der Waals surface area contributed by atoms with Crippen molar-refractivity contribution in [2.45, 2.75) is 33.4 Å². The Bertz CT molecular complexity index is 1500. The molecule has 0 atom stereocenters. The molecular weight excluding hydrogens is 416 g/mol. The topological polar surface area (TPSA) is 77.2 Å². The summed E-state index contributed by atoms with van der Waals surface area (Å²) < 4.78 is 2.47. The van der Waals surface area contributed by atoms with E-state index in [-0.39, 0.29) is 12.5 Å². The van der Waals surface area contributed by atoms with Gasteiger partial charge in [0.15, 0.2) is 5.65 Å². The molecule has 0 radical (unpaired) electrons. The molecule has 0 saturated carbocycles. The minimum Gasteiger partial charge on any atom is -0.336 e. The Labute approximate surface area is 190 Å². The predicted molar refractivity (Wildman–Crippen MR) is 127 cm³/mol. The third-order valence-electron chi connectivity index (χ3n) is 6.21. The summed E-state index contributed by atoms with van der Waals surface area (Å²) in [5.74, 6) is -0.250. The fourth-order valence-electron chi connectivity index (χ4n) is 4.57. The van der Waals surface area contributed by atoms with Gasteiger partial charge in [0.05, 0.1) is 11.1 Å². The molecule has 5 rings (SSSR count). The predicted octanol–water partition coefficient (Wildman–Crippen LogP) is 2.75. The molecule has 33 heavy (non-hydrogen) atoms. The number of aryl methyl sites for hydroxylation is 2. The van der Waals surface area contributed by atoms with Gasteiger partial charge in [-0.25, -0.2) is 18.9 Å². The van der Waals surface area contributed by atoms with Crippen molar-refractivity contribution >= 4 is 16.9 Å². The largest absolute Gasteiger partial charge is 0.337 e. The lowest BCUT2D eigenvalue weighted by molar-refractivity contribution is -0.132. The van der Waals surface area contributed by atoms with E-state index in [9.17, 15) is 14.4 Å². The lowest BCUT2D eigenvalue weighted by Crippen LogP contribution is -2.46. The van der Waals surface area contributed by atoms with Gasteiger partial charge in [0.1, 0.15) is 6.54 Å². The minimum absolute atomic E-state index is 0.250. The average Bonchev–Trinajstić information content (AvgIpc) is 2.81. The van der Waals surface area contributed by atoms with E-state index in [1.807, 2.05) is 56.3 Å². The number of aromatic nitrogens is 3. The van der Waals surface area contributed by atoms with Gasteiger partial charge in [-0.3, -0.25) is 9.59 Å². The zero-order chi connectivity index (χ0) is 23.1. The van der Waals surface area contributed by atoms with Gasteiger partial charge in [0.25, 0.3) is 5.56 Å². The SMILES string of the molecule is Cc1cc(C)c2c(=O)n(CC(=O)N3CCc4ccccc4C3)c(=O)n(-c3ccccc3)c2n1. The number of hydrogen-bond donors (Lipinski definition) is 0. The van der Waals surface area contributed by atoms with Crippen molar-refractivity contribution in [2.75, 3.05) is 6.54 Å². The van der Waals surface area contributed by atoms with Crippen molar-refractivity contribution < 1.29 is 4.79 Å². The van der Waals surface area contributed by atoms with Crippen LogP contribution in [0.5, 0.6) is 0 Å². The summed E-state index contributed by atoms with van der Waals surface area (Å²) in [5.41, 5.74) is 3.61. The number of fused-ring (bicyclic) bond motifs is 2. The van der Waals surface area contributed by atoms with Crippen molar-refractivity contribution in [3.05, 3.63) is 104 Å². The molecule has 166 valence electrons. The van der Waals surface area contributed by atoms with E-state index in [4.69, 9.17) is 0 Å². The van der Waals surface area contributed by atoms with Crippen molar-refractivity contribution in [3.63, 3.8) is 0 Å². The molecule has 1 amide bonds. The Kier molecular flexibility index (Phi) is 5.17. The zero-order valence-corrected chi connectivity index (χ0v) is 18.6. The van der Waals surface area contributed by atoms with Crippen LogP contribution >= 0.6 is 0 Å². The van der Waals surface area contributed by atoms with E-state index >= 15 is 0 Å². The maximum atomic E-state index is 13.6. The number of benzene rings is 2. The Morgan fingerprint density at radius 2 is 1.67 bits per heavy atom. The Morgan fingerprint density at radius 3 is 2.42 bits per heavy atom. The second-order valence-corrected chi connectivity index (χ2v) is 8.46. The van der Waals surface area contributed by atoms with Crippen LogP contribution in [0.3, 0.4) is 0 Å².